The van der Waals surface area contributed by atoms with E-state index in [4.69, 9.17) is 4.20 Å². The van der Waals surface area contributed by atoms with E-state index in [1.807, 2.05) is 0 Å². The highest BCUT2D eigenvalue weighted by Crippen LogP contribution is 2.06. The molecule has 0 rings (SSSR count). The second kappa shape index (κ2) is 11.5. The van der Waals surface area contributed by atoms with E-state index < -0.39 is 0 Å². The van der Waals surface area contributed by atoms with Crippen molar-refractivity contribution in [2.45, 2.75) is 45.4 Å². The minimum Gasteiger partial charge on any atom is -0.791 e. The summed E-state index contributed by atoms with van der Waals surface area (Å²) in [6.45, 7) is 3.60. The number of rotatable bonds is 7. The molecule has 0 saturated heterocycles. The molecule has 3 heteroatoms. The van der Waals surface area contributed by atoms with E-state index >= 15 is 0 Å². The summed E-state index contributed by atoms with van der Waals surface area (Å²) in [7, 11) is 6.81. The van der Waals surface area contributed by atoms with Crippen LogP contribution in [-0.2, 0) is 0 Å². The van der Waals surface area contributed by atoms with Gasteiger partial charge < -0.3 is 8.68 Å². The van der Waals surface area contributed by atoms with Gasteiger partial charge >= 0.3 is 0 Å². The molecule has 14 heavy (non-hydrogen) atoms. The van der Waals surface area contributed by atoms with Crippen LogP contribution in [0.15, 0.2) is 0 Å². The second-order valence-electron chi connectivity index (χ2n) is 4.78. The maximum atomic E-state index is 8.06. The van der Waals surface area contributed by atoms with Gasteiger partial charge in [-0.15, -0.1) is 0 Å². The van der Waals surface area contributed by atoms with Gasteiger partial charge in [-0.2, -0.15) is 0 Å². The molecule has 0 bridgehead atoms. The predicted molar refractivity (Wildman–Crippen MR) is 65.2 cm³/mol. The minimum atomic E-state index is 1.12. The van der Waals surface area contributed by atoms with Crippen molar-refractivity contribution in [1.82, 2.24) is 0 Å². The van der Waals surface area contributed by atoms with Gasteiger partial charge in [0.05, 0.1) is 27.7 Å². The first-order chi connectivity index (χ1) is 6.56. The topological polar surface area (TPSA) is 23.1 Å². The van der Waals surface area contributed by atoms with Crippen LogP contribution in [-0.4, -0.2) is 32.2 Å². The van der Waals surface area contributed by atoms with Crippen LogP contribution < -0.4 is 4.20 Å². The molecule has 0 amide bonds. The van der Waals surface area contributed by atoms with Gasteiger partial charge in [0.2, 0.25) is 0 Å². The summed E-state index contributed by atoms with van der Waals surface area (Å²) in [6, 6.07) is 0. The summed E-state index contributed by atoms with van der Waals surface area (Å²) in [4.78, 5) is 0. The molecule has 0 fully saturated rings. The van der Waals surface area contributed by atoms with Crippen LogP contribution in [0.5, 0.6) is 0 Å². The third kappa shape index (κ3) is 18.2. The van der Waals surface area contributed by atoms with E-state index in [2.05, 4.69) is 28.1 Å². The quantitative estimate of drug-likeness (QED) is 0.514. The zero-order valence-electron chi connectivity index (χ0n) is 10.2. The van der Waals surface area contributed by atoms with E-state index in [-0.39, 0.29) is 0 Å². The van der Waals surface area contributed by atoms with E-state index in [0.717, 1.165) is 4.48 Å². The Morgan fingerprint density at radius 1 is 0.857 bits per heavy atom. The average Bonchev–Trinajstić information content (AvgIpc) is 2.13. The standard InChI is InChI=1S/C11H26N.BrO/c1-5-6-7-8-9-10-11-12(2,3)4;1-2/h5-11H2,1-4H3;/q+1;-1. The maximum absolute atomic E-state index is 8.06. The van der Waals surface area contributed by atoms with E-state index in [1.54, 1.807) is 16.3 Å². The highest BCUT2D eigenvalue weighted by atomic mass is 79.9. The molecule has 88 valence electrons. The summed E-state index contributed by atoms with van der Waals surface area (Å²) in [6.07, 6.45) is 8.48. The lowest BCUT2D eigenvalue weighted by Crippen LogP contribution is -2.35. The first kappa shape index (κ1) is 16.8. The van der Waals surface area contributed by atoms with Crippen molar-refractivity contribution in [2.24, 2.45) is 0 Å². The van der Waals surface area contributed by atoms with Crippen LogP contribution in [0, 0.1) is 0 Å². The zero-order valence-corrected chi connectivity index (χ0v) is 11.8. The van der Waals surface area contributed by atoms with E-state index in [9.17, 15) is 0 Å². The van der Waals surface area contributed by atoms with Gasteiger partial charge in [-0.25, -0.2) is 16.3 Å². The number of hydrogen-bond acceptors (Lipinski definition) is 1. The maximum Gasteiger partial charge on any atom is 0.0780 e. The third-order valence-corrected chi connectivity index (χ3v) is 2.18. The molecule has 0 saturated carbocycles. The third-order valence-electron chi connectivity index (χ3n) is 2.18. The van der Waals surface area contributed by atoms with Crippen molar-refractivity contribution >= 4 is 16.3 Å². The van der Waals surface area contributed by atoms with Crippen molar-refractivity contribution in [3.63, 3.8) is 0 Å². The van der Waals surface area contributed by atoms with Crippen LogP contribution in [0.4, 0.5) is 0 Å². The molecule has 0 heterocycles. The largest absolute Gasteiger partial charge is 0.791 e. The fraction of sp³-hybridized carbons (Fsp3) is 1.00. The molecule has 0 aliphatic carbocycles. The lowest BCUT2D eigenvalue weighted by Gasteiger charge is -2.23. The van der Waals surface area contributed by atoms with Crippen molar-refractivity contribution in [3.8, 4) is 0 Å². The molecule has 2 nitrogen and oxygen atoms in total. The highest BCUT2D eigenvalue weighted by molar-refractivity contribution is 9.04. The van der Waals surface area contributed by atoms with Crippen LogP contribution in [0.3, 0.4) is 0 Å². The fourth-order valence-corrected chi connectivity index (χ4v) is 1.37. The zero-order chi connectivity index (χ0) is 11.4. The minimum absolute atomic E-state index is 1.12. The van der Waals surface area contributed by atoms with Gasteiger partial charge in [0, 0.05) is 0 Å². The molecule has 0 spiro atoms. The van der Waals surface area contributed by atoms with Crippen molar-refractivity contribution in [2.75, 3.05) is 27.7 Å². The number of quaternary nitrogens is 1. The summed E-state index contributed by atoms with van der Waals surface area (Å²) in [5.41, 5.74) is 0. The Balaban J connectivity index is 0. The monoisotopic (exact) mass is 267 g/mol. The van der Waals surface area contributed by atoms with Crippen LogP contribution in [0.25, 0.3) is 0 Å². The molecule has 0 atom stereocenters. The molecule has 0 aromatic rings. The Morgan fingerprint density at radius 2 is 1.29 bits per heavy atom. The Hall–Kier alpha value is 0.400. The van der Waals surface area contributed by atoms with E-state index in [0.29, 0.717) is 0 Å². The van der Waals surface area contributed by atoms with Gasteiger partial charge in [-0.3, -0.25) is 0 Å². The van der Waals surface area contributed by atoms with Crippen LogP contribution in [0.2, 0.25) is 0 Å². The predicted octanol–water partition coefficient (Wildman–Crippen LogP) is 2.71. The van der Waals surface area contributed by atoms with Crippen molar-refractivity contribution < 1.29 is 8.68 Å². The number of unbranched alkanes of at least 4 members (excludes halogenated alkanes) is 5. The van der Waals surface area contributed by atoms with Crippen LogP contribution >= 0.6 is 16.3 Å². The number of halogens is 1. The Morgan fingerprint density at radius 3 is 1.71 bits per heavy atom. The number of nitrogens with zero attached hydrogens (tertiary/aromatic N) is 1. The van der Waals surface area contributed by atoms with Crippen molar-refractivity contribution in [3.05, 3.63) is 0 Å². The SMILES string of the molecule is CCCCCCCC[N+](C)(C)C.[O-]Br. The normalized spacial score (nSPS) is 10.7. The van der Waals surface area contributed by atoms with E-state index in [1.165, 1.54) is 45.1 Å². The van der Waals surface area contributed by atoms with Crippen LogP contribution in [0.1, 0.15) is 45.4 Å². The fourth-order valence-electron chi connectivity index (χ4n) is 1.37. The summed E-state index contributed by atoms with van der Waals surface area (Å²) >= 11 is 1.69. The van der Waals surface area contributed by atoms with Crippen molar-refractivity contribution in [1.29, 1.82) is 0 Å². The van der Waals surface area contributed by atoms with Gasteiger partial charge in [-0.1, -0.05) is 32.6 Å². The molecular weight excluding hydrogens is 242 g/mol. The van der Waals surface area contributed by atoms with Gasteiger partial charge in [0.25, 0.3) is 0 Å². The molecular formula is C11H26BrNO. The molecule has 0 aromatic carbocycles. The summed E-state index contributed by atoms with van der Waals surface area (Å²) < 4.78 is 9.18. The second-order valence-corrected chi connectivity index (χ2v) is 4.78. The van der Waals surface area contributed by atoms with Gasteiger partial charge in [0.1, 0.15) is 0 Å². The molecule has 0 unspecified atom stereocenters. The molecule has 0 N–H and O–H groups in total. The lowest BCUT2D eigenvalue weighted by atomic mass is 10.1. The molecule has 0 aliphatic heterocycles. The van der Waals surface area contributed by atoms with Gasteiger partial charge in [0.15, 0.2) is 0 Å². The first-order valence-electron chi connectivity index (χ1n) is 5.52. The smallest absolute Gasteiger partial charge is 0.0780 e. The lowest BCUT2D eigenvalue weighted by molar-refractivity contribution is -0.870. The Labute approximate surface area is 98.4 Å². The highest BCUT2D eigenvalue weighted by Gasteiger charge is 2.04. The molecule has 0 aliphatic rings. The number of hydrogen-bond donors (Lipinski definition) is 0. The summed E-state index contributed by atoms with van der Waals surface area (Å²) in [5.74, 6) is 0. The average molecular weight is 268 g/mol. The molecule has 0 radical (unpaired) electrons. The van der Waals surface area contributed by atoms with Gasteiger partial charge in [-0.05, 0) is 12.8 Å². The molecule has 0 aromatic heterocycles. The summed E-state index contributed by atoms with van der Waals surface area (Å²) in [5, 5.41) is 0. The Kier molecular flexibility index (Phi) is 13.8. The first-order valence-corrected chi connectivity index (χ1v) is 6.17. The Bertz CT molecular complexity index is 102.